The molecule has 0 amide bonds. The van der Waals surface area contributed by atoms with Crippen molar-refractivity contribution in [2.24, 2.45) is 0 Å². The first-order chi connectivity index (χ1) is 10.7. The molecule has 1 atom stereocenters. The summed E-state index contributed by atoms with van der Waals surface area (Å²) in [6, 6.07) is 9.74. The average Bonchev–Trinajstić information content (AvgIpc) is 3.06. The minimum atomic E-state index is -0.525. The summed E-state index contributed by atoms with van der Waals surface area (Å²) in [5, 5.41) is 12.6. The maximum absolute atomic E-state index is 10.7. The molecule has 1 aliphatic heterocycles. The van der Waals surface area contributed by atoms with Crippen LogP contribution in [0.25, 0.3) is 10.8 Å². The highest BCUT2D eigenvalue weighted by Crippen LogP contribution is 2.37. The zero-order chi connectivity index (χ0) is 15.5. The van der Waals surface area contributed by atoms with Crippen molar-refractivity contribution in [2.45, 2.75) is 18.9 Å². The SMILES string of the molecule is COc1ccc(C(O)CN2CCCC2)c2c(OC)cccc12. The van der Waals surface area contributed by atoms with Crippen LogP contribution in [-0.4, -0.2) is 43.9 Å². The highest BCUT2D eigenvalue weighted by Gasteiger charge is 2.21. The third-order valence-corrected chi connectivity index (χ3v) is 4.42. The number of nitrogens with zero attached hydrogens (tertiary/aromatic N) is 1. The fourth-order valence-electron chi connectivity index (χ4n) is 3.31. The standard InChI is InChI=1S/C18H23NO3/c1-21-16-9-8-13(15(20)12-19-10-3-4-11-19)18-14(16)6-5-7-17(18)22-2/h5-9,15,20H,3-4,10-12H2,1-2H3. The van der Waals surface area contributed by atoms with Gasteiger partial charge in [0.05, 0.1) is 20.3 Å². The van der Waals surface area contributed by atoms with Crippen LogP contribution < -0.4 is 9.47 Å². The van der Waals surface area contributed by atoms with E-state index in [1.165, 1.54) is 12.8 Å². The Kier molecular flexibility index (Phi) is 4.50. The lowest BCUT2D eigenvalue weighted by atomic mass is 9.98. The predicted molar refractivity (Wildman–Crippen MR) is 87.7 cm³/mol. The van der Waals surface area contributed by atoms with Crippen molar-refractivity contribution in [3.8, 4) is 11.5 Å². The Labute approximate surface area is 131 Å². The van der Waals surface area contributed by atoms with Gasteiger partial charge in [0.2, 0.25) is 0 Å². The van der Waals surface area contributed by atoms with E-state index in [2.05, 4.69) is 4.90 Å². The molecule has 0 saturated carbocycles. The third-order valence-electron chi connectivity index (χ3n) is 4.42. The predicted octanol–water partition coefficient (Wildman–Crippen LogP) is 2.99. The number of rotatable bonds is 5. The van der Waals surface area contributed by atoms with Gasteiger partial charge >= 0.3 is 0 Å². The number of fused-ring (bicyclic) bond motifs is 1. The summed E-state index contributed by atoms with van der Waals surface area (Å²) >= 11 is 0. The first-order valence-electron chi connectivity index (χ1n) is 7.78. The van der Waals surface area contributed by atoms with Gasteiger partial charge in [0.1, 0.15) is 11.5 Å². The van der Waals surface area contributed by atoms with Crippen molar-refractivity contribution in [3.05, 3.63) is 35.9 Å². The van der Waals surface area contributed by atoms with Gasteiger partial charge in [0.15, 0.2) is 0 Å². The van der Waals surface area contributed by atoms with Crippen LogP contribution in [0.15, 0.2) is 30.3 Å². The fraction of sp³-hybridized carbons (Fsp3) is 0.444. The monoisotopic (exact) mass is 301 g/mol. The molecule has 0 aliphatic carbocycles. The molecule has 2 aromatic rings. The molecular weight excluding hydrogens is 278 g/mol. The third kappa shape index (κ3) is 2.76. The second kappa shape index (κ2) is 6.55. The van der Waals surface area contributed by atoms with Crippen LogP contribution in [0.5, 0.6) is 11.5 Å². The van der Waals surface area contributed by atoms with Gasteiger partial charge in [0.25, 0.3) is 0 Å². The van der Waals surface area contributed by atoms with E-state index in [0.717, 1.165) is 40.9 Å². The molecule has 1 unspecified atom stereocenters. The maximum atomic E-state index is 10.7. The second-order valence-corrected chi connectivity index (χ2v) is 5.76. The topological polar surface area (TPSA) is 41.9 Å². The lowest BCUT2D eigenvalue weighted by molar-refractivity contribution is 0.127. The van der Waals surface area contributed by atoms with Crippen molar-refractivity contribution in [1.29, 1.82) is 0 Å². The van der Waals surface area contributed by atoms with E-state index in [4.69, 9.17) is 9.47 Å². The molecule has 0 radical (unpaired) electrons. The number of aliphatic hydroxyl groups is 1. The number of hydrogen-bond acceptors (Lipinski definition) is 4. The van der Waals surface area contributed by atoms with Crippen LogP contribution in [0.4, 0.5) is 0 Å². The molecule has 3 rings (SSSR count). The van der Waals surface area contributed by atoms with Crippen molar-refractivity contribution < 1.29 is 14.6 Å². The smallest absolute Gasteiger partial charge is 0.127 e. The summed E-state index contributed by atoms with van der Waals surface area (Å²) < 4.78 is 11.0. The van der Waals surface area contributed by atoms with E-state index >= 15 is 0 Å². The fourth-order valence-corrected chi connectivity index (χ4v) is 3.31. The van der Waals surface area contributed by atoms with Gasteiger partial charge < -0.3 is 19.5 Å². The normalized spacial score (nSPS) is 16.9. The van der Waals surface area contributed by atoms with E-state index in [1.54, 1.807) is 14.2 Å². The van der Waals surface area contributed by atoms with E-state index in [-0.39, 0.29) is 0 Å². The Morgan fingerprint density at radius 1 is 1.05 bits per heavy atom. The van der Waals surface area contributed by atoms with E-state index in [9.17, 15) is 5.11 Å². The van der Waals surface area contributed by atoms with Crippen molar-refractivity contribution >= 4 is 10.8 Å². The van der Waals surface area contributed by atoms with Gasteiger partial charge in [0, 0.05) is 17.3 Å². The number of likely N-dealkylation sites (tertiary alicyclic amines) is 1. The largest absolute Gasteiger partial charge is 0.496 e. The van der Waals surface area contributed by atoms with E-state index in [0.29, 0.717) is 6.54 Å². The minimum Gasteiger partial charge on any atom is -0.496 e. The molecular formula is C18H23NO3. The number of β-amino-alcohol motifs (C(OH)–C–C–N with tert-alkyl or cyclic N) is 1. The molecule has 1 fully saturated rings. The van der Waals surface area contributed by atoms with E-state index in [1.807, 2.05) is 30.3 Å². The van der Waals surface area contributed by atoms with Gasteiger partial charge in [-0.15, -0.1) is 0 Å². The summed E-state index contributed by atoms with van der Waals surface area (Å²) in [7, 11) is 3.32. The summed E-state index contributed by atoms with van der Waals surface area (Å²) in [5.41, 5.74) is 0.903. The zero-order valence-corrected chi connectivity index (χ0v) is 13.2. The number of methoxy groups -OCH3 is 2. The Bertz CT molecular complexity index is 650. The zero-order valence-electron chi connectivity index (χ0n) is 13.2. The maximum Gasteiger partial charge on any atom is 0.127 e. The van der Waals surface area contributed by atoms with Gasteiger partial charge in [-0.1, -0.05) is 18.2 Å². The van der Waals surface area contributed by atoms with Gasteiger partial charge in [-0.05, 0) is 43.6 Å². The Morgan fingerprint density at radius 2 is 1.77 bits per heavy atom. The molecule has 0 spiro atoms. The Balaban J connectivity index is 2.04. The van der Waals surface area contributed by atoms with Crippen molar-refractivity contribution in [3.63, 3.8) is 0 Å². The number of benzene rings is 2. The number of hydrogen-bond donors (Lipinski definition) is 1. The first-order valence-corrected chi connectivity index (χ1v) is 7.78. The van der Waals surface area contributed by atoms with Gasteiger partial charge in [-0.25, -0.2) is 0 Å². The molecule has 1 N–H and O–H groups in total. The summed E-state index contributed by atoms with van der Waals surface area (Å²) in [4.78, 5) is 2.32. The molecule has 118 valence electrons. The second-order valence-electron chi connectivity index (χ2n) is 5.76. The molecule has 1 saturated heterocycles. The number of ether oxygens (including phenoxy) is 2. The van der Waals surface area contributed by atoms with Crippen LogP contribution in [-0.2, 0) is 0 Å². The molecule has 1 aliphatic rings. The van der Waals surface area contributed by atoms with E-state index < -0.39 is 6.10 Å². The molecule has 0 bridgehead atoms. The van der Waals surface area contributed by atoms with Gasteiger partial charge in [-0.3, -0.25) is 0 Å². The molecule has 0 aromatic heterocycles. The summed E-state index contributed by atoms with van der Waals surface area (Å²) in [6.07, 6.45) is 1.92. The molecule has 22 heavy (non-hydrogen) atoms. The lowest BCUT2D eigenvalue weighted by Gasteiger charge is -2.22. The van der Waals surface area contributed by atoms with Crippen LogP contribution in [0.1, 0.15) is 24.5 Å². The molecule has 2 aromatic carbocycles. The van der Waals surface area contributed by atoms with Crippen LogP contribution >= 0.6 is 0 Å². The van der Waals surface area contributed by atoms with Gasteiger partial charge in [-0.2, -0.15) is 0 Å². The highest BCUT2D eigenvalue weighted by atomic mass is 16.5. The van der Waals surface area contributed by atoms with Crippen molar-refractivity contribution in [1.82, 2.24) is 4.90 Å². The number of aliphatic hydroxyl groups excluding tert-OH is 1. The molecule has 4 nitrogen and oxygen atoms in total. The Morgan fingerprint density at radius 3 is 2.45 bits per heavy atom. The minimum absolute atomic E-state index is 0.525. The summed E-state index contributed by atoms with van der Waals surface area (Å²) in [5.74, 6) is 1.57. The van der Waals surface area contributed by atoms with Crippen molar-refractivity contribution in [2.75, 3.05) is 33.9 Å². The lowest BCUT2D eigenvalue weighted by Crippen LogP contribution is -2.25. The highest BCUT2D eigenvalue weighted by molar-refractivity contribution is 5.96. The Hall–Kier alpha value is -1.78. The quantitative estimate of drug-likeness (QED) is 0.922. The molecule has 1 heterocycles. The van der Waals surface area contributed by atoms with Crippen LogP contribution in [0, 0.1) is 0 Å². The first kappa shape index (κ1) is 15.1. The summed E-state index contributed by atoms with van der Waals surface area (Å²) in [6.45, 7) is 2.81. The molecule has 4 heteroatoms. The van der Waals surface area contributed by atoms with Crippen LogP contribution in [0.2, 0.25) is 0 Å². The average molecular weight is 301 g/mol. The van der Waals surface area contributed by atoms with Crippen LogP contribution in [0.3, 0.4) is 0 Å².